The van der Waals surface area contributed by atoms with Crippen LogP contribution in [0.15, 0.2) is 48.5 Å². The largest absolute Gasteiger partial charge is 0.411 e. The van der Waals surface area contributed by atoms with Crippen molar-refractivity contribution < 1.29 is 45.5 Å². The first-order valence-electron chi connectivity index (χ1n) is 11.8. The standard InChI is InChI=1S/C28H18F6N2O4/c1-12-8-13(2)21(14(3)9-12)36-24(39)18-7-5-16(11-20(18)25(36)40)26(27(29,30)31,28(32,33)34)15-4-6-17-19(10-15)23(38)35-22(17)37/h4-11H,1-3H3,(H,35,37,38). The maximum atomic E-state index is 14.7. The number of halogens is 6. The fourth-order valence-electron chi connectivity index (χ4n) is 5.59. The molecule has 12 heteroatoms. The Bertz CT molecular complexity index is 1640. The van der Waals surface area contributed by atoms with Gasteiger partial charge in [-0.25, -0.2) is 4.90 Å². The third-order valence-electron chi connectivity index (χ3n) is 7.20. The van der Waals surface area contributed by atoms with Gasteiger partial charge in [-0.15, -0.1) is 0 Å². The summed E-state index contributed by atoms with van der Waals surface area (Å²) >= 11 is 0. The SMILES string of the molecule is Cc1cc(C)c(N2C(=O)c3ccc(C(c4ccc5c(c4)C(=O)NC5=O)(C(F)(F)F)C(F)(F)F)cc3C2=O)c(C)c1. The lowest BCUT2D eigenvalue weighted by molar-refractivity contribution is -0.288. The Balaban J connectivity index is 1.75. The van der Waals surface area contributed by atoms with E-state index in [0.29, 0.717) is 41.5 Å². The van der Waals surface area contributed by atoms with Gasteiger partial charge in [-0.05, 0) is 67.3 Å². The molecule has 3 aromatic rings. The second kappa shape index (κ2) is 8.51. The summed E-state index contributed by atoms with van der Waals surface area (Å²) in [5.41, 5.74) is -7.44. The number of imide groups is 2. The molecule has 0 radical (unpaired) electrons. The van der Waals surface area contributed by atoms with Crippen LogP contribution in [0.5, 0.6) is 0 Å². The molecule has 2 heterocycles. The summed E-state index contributed by atoms with van der Waals surface area (Å²) in [4.78, 5) is 51.3. The molecule has 2 aliphatic rings. The maximum absolute atomic E-state index is 14.7. The quantitative estimate of drug-likeness (QED) is 0.329. The van der Waals surface area contributed by atoms with Gasteiger partial charge >= 0.3 is 12.4 Å². The third-order valence-corrected chi connectivity index (χ3v) is 7.20. The molecule has 206 valence electrons. The van der Waals surface area contributed by atoms with Crippen LogP contribution in [0.3, 0.4) is 0 Å². The van der Waals surface area contributed by atoms with Crippen molar-refractivity contribution >= 4 is 29.3 Å². The molecule has 0 spiro atoms. The van der Waals surface area contributed by atoms with Crippen molar-refractivity contribution in [3.8, 4) is 0 Å². The van der Waals surface area contributed by atoms with Gasteiger partial charge in [0.25, 0.3) is 23.6 Å². The number of anilines is 1. The summed E-state index contributed by atoms with van der Waals surface area (Å²) in [6, 6.07) is 6.62. The monoisotopic (exact) mass is 560 g/mol. The number of amides is 4. The van der Waals surface area contributed by atoms with Gasteiger partial charge in [0.15, 0.2) is 0 Å². The van der Waals surface area contributed by atoms with E-state index >= 15 is 0 Å². The maximum Gasteiger partial charge on any atom is 0.411 e. The van der Waals surface area contributed by atoms with Crippen molar-refractivity contribution in [3.05, 3.63) is 98.6 Å². The minimum absolute atomic E-state index is 0.186. The van der Waals surface area contributed by atoms with Crippen LogP contribution in [0, 0.1) is 20.8 Å². The average Bonchev–Trinajstić information content (AvgIpc) is 3.24. The summed E-state index contributed by atoms with van der Waals surface area (Å²) in [7, 11) is 0. The summed E-state index contributed by atoms with van der Waals surface area (Å²) < 4.78 is 88.4. The highest BCUT2D eigenvalue weighted by Gasteiger charge is 2.73. The first kappa shape index (κ1) is 27.1. The number of fused-ring (bicyclic) bond motifs is 2. The van der Waals surface area contributed by atoms with E-state index in [-0.39, 0.29) is 16.8 Å². The molecule has 0 aromatic heterocycles. The fourth-order valence-corrected chi connectivity index (χ4v) is 5.59. The second-order valence-electron chi connectivity index (χ2n) is 9.74. The smallest absolute Gasteiger partial charge is 0.288 e. The summed E-state index contributed by atoms with van der Waals surface area (Å²) in [5.74, 6) is -4.07. The lowest BCUT2D eigenvalue weighted by Crippen LogP contribution is -2.55. The minimum atomic E-state index is -6.03. The first-order valence-corrected chi connectivity index (χ1v) is 11.8. The van der Waals surface area contributed by atoms with Gasteiger partial charge < -0.3 is 0 Å². The zero-order chi connectivity index (χ0) is 29.5. The number of alkyl halides is 6. The number of aryl methyl sites for hydroxylation is 3. The number of hydrogen-bond acceptors (Lipinski definition) is 4. The normalized spacial score (nSPS) is 15.5. The third kappa shape index (κ3) is 3.58. The van der Waals surface area contributed by atoms with Crippen LogP contribution in [-0.4, -0.2) is 36.0 Å². The molecule has 0 saturated carbocycles. The van der Waals surface area contributed by atoms with E-state index in [0.717, 1.165) is 16.5 Å². The molecule has 0 unspecified atom stereocenters. The number of benzene rings is 3. The second-order valence-corrected chi connectivity index (χ2v) is 9.74. The zero-order valence-corrected chi connectivity index (χ0v) is 21.0. The Labute approximate surface area is 222 Å². The lowest BCUT2D eigenvalue weighted by Gasteiger charge is -2.38. The Morgan fingerprint density at radius 3 is 1.57 bits per heavy atom. The predicted octanol–water partition coefficient (Wildman–Crippen LogP) is 5.71. The molecule has 0 saturated heterocycles. The molecule has 1 N–H and O–H groups in total. The van der Waals surface area contributed by atoms with Crippen LogP contribution in [-0.2, 0) is 5.41 Å². The molecular weight excluding hydrogens is 542 g/mol. The van der Waals surface area contributed by atoms with E-state index in [9.17, 15) is 45.5 Å². The van der Waals surface area contributed by atoms with E-state index in [1.165, 1.54) is 0 Å². The van der Waals surface area contributed by atoms with Crippen LogP contribution in [0.25, 0.3) is 0 Å². The fraction of sp³-hybridized carbons (Fsp3) is 0.214. The number of nitrogens with zero attached hydrogens (tertiary/aromatic N) is 1. The Kier molecular flexibility index (Phi) is 5.76. The van der Waals surface area contributed by atoms with Gasteiger partial charge in [-0.1, -0.05) is 29.8 Å². The van der Waals surface area contributed by atoms with Crippen molar-refractivity contribution in [2.24, 2.45) is 0 Å². The molecule has 5 rings (SSSR count). The highest BCUT2D eigenvalue weighted by atomic mass is 19.4. The van der Waals surface area contributed by atoms with E-state index in [4.69, 9.17) is 0 Å². The Morgan fingerprint density at radius 1 is 0.600 bits per heavy atom. The predicted molar refractivity (Wildman–Crippen MR) is 129 cm³/mol. The first-order chi connectivity index (χ1) is 18.5. The van der Waals surface area contributed by atoms with Crippen LogP contribution >= 0.6 is 0 Å². The molecule has 0 aliphatic carbocycles. The molecule has 0 atom stereocenters. The van der Waals surface area contributed by atoms with E-state index in [1.54, 1.807) is 32.9 Å². The number of carbonyl (C=O) groups excluding carboxylic acids is 4. The molecule has 0 bridgehead atoms. The summed E-state index contributed by atoms with van der Waals surface area (Å²) in [6.07, 6.45) is -12.1. The number of rotatable bonds is 3. The van der Waals surface area contributed by atoms with Gasteiger partial charge in [0.05, 0.1) is 27.9 Å². The van der Waals surface area contributed by atoms with Crippen LogP contribution in [0.2, 0.25) is 0 Å². The van der Waals surface area contributed by atoms with Crippen LogP contribution < -0.4 is 10.2 Å². The summed E-state index contributed by atoms with van der Waals surface area (Å²) in [6.45, 7) is 5.03. The Hall–Kier alpha value is -4.48. The minimum Gasteiger partial charge on any atom is -0.288 e. The molecule has 4 amide bonds. The average molecular weight is 560 g/mol. The van der Waals surface area contributed by atoms with Crippen molar-refractivity contribution in [1.29, 1.82) is 0 Å². The van der Waals surface area contributed by atoms with Gasteiger partial charge in [0.1, 0.15) is 0 Å². The lowest BCUT2D eigenvalue weighted by atomic mass is 9.71. The highest BCUT2D eigenvalue weighted by Crippen LogP contribution is 2.57. The van der Waals surface area contributed by atoms with Crippen molar-refractivity contribution in [1.82, 2.24) is 5.32 Å². The highest BCUT2D eigenvalue weighted by molar-refractivity contribution is 6.35. The molecule has 3 aromatic carbocycles. The Morgan fingerprint density at radius 2 is 1.05 bits per heavy atom. The van der Waals surface area contributed by atoms with Crippen LogP contribution in [0.4, 0.5) is 32.0 Å². The molecule has 2 aliphatic heterocycles. The van der Waals surface area contributed by atoms with E-state index in [1.807, 2.05) is 5.32 Å². The van der Waals surface area contributed by atoms with Crippen LogP contribution in [0.1, 0.15) is 69.2 Å². The van der Waals surface area contributed by atoms with E-state index < -0.39 is 63.7 Å². The number of nitrogens with one attached hydrogen (secondary N) is 1. The molecule has 0 fully saturated rings. The zero-order valence-electron chi connectivity index (χ0n) is 21.0. The van der Waals surface area contributed by atoms with Gasteiger partial charge in [0, 0.05) is 0 Å². The van der Waals surface area contributed by atoms with Gasteiger partial charge in [0.2, 0.25) is 5.41 Å². The summed E-state index contributed by atoms with van der Waals surface area (Å²) in [5, 5.41) is 1.83. The van der Waals surface area contributed by atoms with Gasteiger partial charge in [-0.2, -0.15) is 26.3 Å². The van der Waals surface area contributed by atoms with E-state index in [2.05, 4.69) is 0 Å². The van der Waals surface area contributed by atoms with Gasteiger partial charge in [-0.3, -0.25) is 24.5 Å². The number of carbonyl (C=O) groups is 4. The van der Waals surface area contributed by atoms with Crippen molar-refractivity contribution in [2.75, 3.05) is 4.90 Å². The molecular formula is C28H18F6N2O4. The number of hydrogen-bond donors (Lipinski definition) is 1. The van der Waals surface area contributed by atoms with Crippen molar-refractivity contribution in [3.63, 3.8) is 0 Å². The van der Waals surface area contributed by atoms with Crippen molar-refractivity contribution in [2.45, 2.75) is 38.5 Å². The topological polar surface area (TPSA) is 83.6 Å². The molecule has 6 nitrogen and oxygen atoms in total. The molecule has 40 heavy (non-hydrogen) atoms.